The minimum atomic E-state index is -0.315. The van der Waals surface area contributed by atoms with Crippen LogP contribution in [-0.4, -0.2) is 48.0 Å². The predicted molar refractivity (Wildman–Crippen MR) is 151 cm³/mol. The summed E-state index contributed by atoms with van der Waals surface area (Å²) in [5.74, 6) is 1.28. The van der Waals surface area contributed by atoms with Crippen molar-refractivity contribution in [3.8, 4) is 11.5 Å². The number of carbonyl (C=O) groups is 2. The molecule has 6 rings (SSSR count). The third kappa shape index (κ3) is 4.48. The van der Waals surface area contributed by atoms with Gasteiger partial charge in [-0.1, -0.05) is 12.1 Å². The van der Waals surface area contributed by atoms with Gasteiger partial charge >= 0.3 is 6.03 Å². The van der Waals surface area contributed by atoms with Gasteiger partial charge in [0.15, 0.2) is 0 Å². The molecule has 1 atom stereocenters. The molecule has 2 N–H and O–H groups in total. The first-order valence-corrected chi connectivity index (χ1v) is 13.6. The first-order chi connectivity index (χ1) is 18.4. The van der Waals surface area contributed by atoms with Gasteiger partial charge in [0.05, 0.1) is 22.4 Å². The molecule has 0 spiro atoms. The summed E-state index contributed by atoms with van der Waals surface area (Å²) in [6, 6.07) is 15.1. The van der Waals surface area contributed by atoms with Crippen molar-refractivity contribution >= 4 is 50.6 Å². The number of benzene rings is 2. The van der Waals surface area contributed by atoms with Gasteiger partial charge in [-0.05, 0) is 87.8 Å². The van der Waals surface area contributed by atoms with E-state index in [1.54, 1.807) is 11.1 Å². The van der Waals surface area contributed by atoms with E-state index in [-0.39, 0.29) is 18.0 Å². The van der Waals surface area contributed by atoms with Gasteiger partial charge in [0, 0.05) is 18.8 Å². The number of likely N-dealkylation sites (N-methyl/N-ethyl adjacent to an activating group) is 1. The topological polar surface area (TPSA) is 86.8 Å². The molecule has 3 amide bonds. The Bertz CT molecular complexity index is 1570. The quantitative estimate of drug-likeness (QED) is 0.322. The number of piperidine rings is 1. The fraction of sp³-hybridized carbons (Fsp3) is 0.276. The highest BCUT2D eigenvalue weighted by atomic mass is 32.1. The number of carbonyl (C=O) groups excluding carboxylic acids is 2. The normalized spacial score (nSPS) is 17.4. The van der Waals surface area contributed by atoms with Gasteiger partial charge in [0.1, 0.15) is 21.2 Å². The third-order valence-electron chi connectivity index (χ3n) is 7.05. The summed E-state index contributed by atoms with van der Waals surface area (Å²) < 4.78 is 6.05. The molecular weight excluding hydrogens is 498 g/mol. The average Bonchev–Trinajstić information content (AvgIpc) is 3.25. The number of thiophene rings is 1. The van der Waals surface area contributed by atoms with Crippen LogP contribution in [0.15, 0.2) is 54.7 Å². The van der Waals surface area contributed by atoms with Crippen LogP contribution in [0.2, 0.25) is 0 Å². The van der Waals surface area contributed by atoms with E-state index in [1.807, 2.05) is 62.4 Å². The van der Waals surface area contributed by atoms with E-state index in [0.717, 1.165) is 53.9 Å². The molecule has 8 nitrogen and oxygen atoms in total. The van der Waals surface area contributed by atoms with E-state index in [4.69, 9.17) is 4.74 Å². The van der Waals surface area contributed by atoms with Gasteiger partial charge in [-0.3, -0.25) is 9.69 Å². The van der Waals surface area contributed by atoms with E-state index >= 15 is 0 Å². The maximum Gasteiger partial charge on any atom is 0.331 e. The zero-order valence-electron chi connectivity index (χ0n) is 21.6. The van der Waals surface area contributed by atoms with Crippen LogP contribution in [-0.2, 0) is 0 Å². The summed E-state index contributed by atoms with van der Waals surface area (Å²) in [4.78, 5) is 36.4. The average molecular weight is 528 g/mol. The number of pyridine rings is 1. The zero-order chi connectivity index (χ0) is 26.4. The number of aromatic nitrogens is 1. The van der Waals surface area contributed by atoms with Crippen LogP contribution in [0.3, 0.4) is 0 Å². The lowest BCUT2D eigenvalue weighted by atomic mass is 10.1. The van der Waals surface area contributed by atoms with E-state index in [0.29, 0.717) is 26.8 Å². The fourth-order valence-electron chi connectivity index (χ4n) is 5.28. The Labute approximate surface area is 225 Å². The molecule has 194 valence electrons. The van der Waals surface area contributed by atoms with Crippen molar-refractivity contribution in [3.63, 3.8) is 0 Å². The highest BCUT2D eigenvalue weighted by Crippen LogP contribution is 2.46. The zero-order valence-corrected chi connectivity index (χ0v) is 22.4. The number of amides is 3. The molecule has 2 aliphatic heterocycles. The molecule has 0 saturated carbocycles. The van der Waals surface area contributed by atoms with Gasteiger partial charge < -0.3 is 20.3 Å². The lowest BCUT2D eigenvalue weighted by Crippen LogP contribution is -2.46. The minimum Gasteiger partial charge on any atom is -0.457 e. The standard InChI is InChI=1S/C29H29N5O3S/c1-17-6-4-8-20(14-17)37-21-9-10-22(18(2)15-21)34-23-11-12-30-28-24(23)25(32-29(34)36)26(38-28)27(35)31-19-7-5-13-33(3)16-19/h4,6,8-12,14-15,19H,5,7,13,16H2,1-3H3,(H,31,35)(H,32,36). The number of urea groups is 1. The molecule has 1 saturated heterocycles. The Morgan fingerprint density at radius 3 is 2.76 bits per heavy atom. The summed E-state index contributed by atoms with van der Waals surface area (Å²) in [6.45, 7) is 5.83. The molecule has 1 fully saturated rings. The molecule has 9 heteroatoms. The van der Waals surface area contributed by atoms with Crippen molar-refractivity contribution in [1.29, 1.82) is 0 Å². The monoisotopic (exact) mass is 527 g/mol. The molecule has 1 unspecified atom stereocenters. The van der Waals surface area contributed by atoms with E-state index < -0.39 is 0 Å². The van der Waals surface area contributed by atoms with Crippen LogP contribution in [0.25, 0.3) is 10.2 Å². The summed E-state index contributed by atoms with van der Waals surface area (Å²) in [6.07, 6.45) is 3.68. The van der Waals surface area contributed by atoms with Crippen molar-refractivity contribution in [1.82, 2.24) is 15.2 Å². The van der Waals surface area contributed by atoms with Crippen molar-refractivity contribution < 1.29 is 14.3 Å². The second-order valence-electron chi connectivity index (χ2n) is 10.0. The van der Waals surface area contributed by atoms with Crippen molar-refractivity contribution in [2.24, 2.45) is 0 Å². The Balaban J connectivity index is 1.32. The van der Waals surface area contributed by atoms with Crippen LogP contribution in [0, 0.1) is 13.8 Å². The molecule has 2 aromatic heterocycles. The summed E-state index contributed by atoms with van der Waals surface area (Å²) in [7, 11) is 2.07. The number of hydrogen-bond acceptors (Lipinski definition) is 6. The van der Waals surface area contributed by atoms with Gasteiger partial charge in [0.2, 0.25) is 0 Å². The lowest BCUT2D eigenvalue weighted by Gasteiger charge is -2.31. The van der Waals surface area contributed by atoms with Gasteiger partial charge in [-0.2, -0.15) is 0 Å². The second-order valence-corrected chi connectivity index (χ2v) is 11.0. The highest BCUT2D eigenvalue weighted by molar-refractivity contribution is 7.21. The largest absolute Gasteiger partial charge is 0.457 e. The summed E-state index contributed by atoms with van der Waals surface area (Å²) in [5, 5.41) is 6.94. The van der Waals surface area contributed by atoms with Crippen LogP contribution < -0.4 is 20.3 Å². The Hall–Kier alpha value is -3.95. The number of rotatable bonds is 5. The maximum absolute atomic E-state index is 13.5. The predicted octanol–water partition coefficient (Wildman–Crippen LogP) is 6.21. The van der Waals surface area contributed by atoms with Crippen LogP contribution in [0.4, 0.5) is 21.9 Å². The SMILES string of the molecule is Cc1cccc(Oc2ccc(N3C(=O)Nc4c(C(=O)NC5CCCN(C)C5)sc5nccc3c45)c(C)c2)c1. The molecule has 2 aliphatic rings. The number of nitrogens with one attached hydrogen (secondary N) is 2. The fourth-order valence-corrected chi connectivity index (χ4v) is 6.30. The minimum absolute atomic E-state index is 0.0880. The van der Waals surface area contributed by atoms with Crippen molar-refractivity contribution in [3.05, 3.63) is 70.7 Å². The Kier molecular flexibility index (Phi) is 6.25. The molecular formula is C29H29N5O3S. The lowest BCUT2D eigenvalue weighted by molar-refractivity contribution is 0.0917. The summed E-state index contributed by atoms with van der Waals surface area (Å²) >= 11 is 1.31. The third-order valence-corrected chi connectivity index (χ3v) is 8.14. The summed E-state index contributed by atoms with van der Waals surface area (Å²) in [5.41, 5.74) is 3.98. The van der Waals surface area contributed by atoms with Gasteiger partial charge in [-0.25, -0.2) is 9.78 Å². The second kappa shape index (κ2) is 9.74. The molecule has 4 aromatic rings. The number of aryl methyl sites for hydroxylation is 2. The number of ether oxygens (including phenoxy) is 1. The van der Waals surface area contributed by atoms with Crippen molar-refractivity contribution in [2.75, 3.05) is 30.4 Å². The smallest absolute Gasteiger partial charge is 0.331 e. The number of anilines is 3. The Morgan fingerprint density at radius 1 is 1.13 bits per heavy atom. The highest BCUT2D eigenvalue weighted by Gasteiger charge is 2.34. The first-order valence-electron chi connectivity index (χ1n) is 12.7. The van der Waals surface area contributed by atoms with E-state index in [9.17, 15) is 9.59 Å². The van der Waals surface area contributed by atoms with Crippen LogP contribution >= 0.6 is 11.3 Å². The van der Waals surface area contributed by atoms with Crippen LogP contribution in [0.1, 0.15) is 33.6 Å². The molecule has 0 aliphatic carbocycles. The first kappa shape index (κ1) is 24.4. The molecule has 0 bridgehead atoms. The molecule has 4 heterocycles. The molecule has 38 heavy (non-hydrogen) atoms. The van der Waals surface area contributed by atoms with Crippen LogP contribution in [0.5, 0.6) is 11.5 Å². The number of nitrogens with zero attached hydrogens (tertiary/aromatic N) is 3. The Morgan fingerprint density at radius 2 is 1.97 bits per heavy atom. The molecule has 0 radical (unpaired) electrons. The van der Waals surface area contributed by atoms with E-state index in [1.165, 1.54) is 11.3 Å². The van der Waals surface area contributed by atoms with Crippen molar-refractivity contribution in [2.45, 2.75) is 32.7 Å². The number of likely N-dealkylation sites (tertiary alicyclic amines) is 1. The van der Waals surface area contributed by atoms with Gasteiger partial charge in [0.25, 0.3) is 5.91 Å². The molecule has 2 aromatic carbocycles. The van der Waals surface area contributed by atoms with E-state index in [2.05, 4.69) is 27.6 Å². The maximum atomic E-state index is 13.5. The van der Waals surface area contributed by atoms with Gasteiger partial charge in [-0.15, -0.1) is 11.3 Å². The number of hydrogen-bond donors (Lipinski definition) is 2.